The molecule has 2 atom stereocenters. The van der Waals surface area contributed by atoms with E-state index in [1.54, 1.807) is 18.2 Å². The van der Waals surface area contributed by atoms with Gasteiger partial charge < -0.3 is 21.5 Å². The van der Waals surface area contributed by atoms with Gasteiger partial charge in [-0.1, -0.05) is 0 Å². The standard InChI is InChI=1S/C12H17N3O2/c1-7-11(4-5-17-7)15-12(16)9-3-2-8(13)6-10(9)14/h2-3,6-7,11H,4-5,13-14H2,1H3,(H,15,16). The molecule has 0 aliphatic carbocycles. The highest BCUT2D eigenvalue weighted by Crippen LogP contribution is 2.18. The summed E-state index contributed by atoms with van der Waals surface area (Å²) in [5.41, 5.74) is 12.7. The molecule has 0 radical (unpaired) electrons. The molecule has 2 unspecified atom stereocenters. The summed E-state index contributed by atoms with van der Waals surface area (Å²) in [5.74, 6) is -0.176. The van der Waals surface area contributed by atoms with E-state index in [-0.39, 0.29) is 18.1 Å². The highest BCUT2D eigenvalue weighted by molar-refractivity contribution is 5.99. The molecule has 1 aliphatic heterocycles. The zero-order valence-corrected chi connectivity index (χ0v) is 9.77. The zero-order valence-electron chi connectivity index (χ0n) is 9.77. The van der Waals surface area contributed by atoms with Crippen LogP contribution >= 0.6 is 0 Å². The summed E-state index contributed by atoms with van der Waals surface area (Å²) in [7, 11) is 0. The van der Waals surface area contributed by atoms with Gasteiger partial charge in [0.05, 0.1) is 17.7 Å². The number of amides is 1. The fraction of sp³-hybridized carbons (Fsp3) is 0.417. The zero-order chi connectivity index (χ0) is 12.4. The molecule has 0 saturated carbocycles. The Kier molecular flexibility index (Phi) is 3.19. The highest BCUT2D eigenvalue weighted by Gasteiger charge is 2.26. The van der Waals surface area contributed by atoms with Gasteiger partial charge in [-0.15, -0.1) is 0 Å². The summed E-state index contributed by atoms with van der Waals surface area (Å²) >= 11 is 0. The van der Waals surface area contributed by atoms with Crippen LogP contribution in [0.3, 0.4) is 0 Å². The number of nitrogens with one attached hydrogen (secondary N) is 1. The molecule has 0 aromatic heterocycles. The Morgan fingerprint density at radius 1 is 1.47 bits per heavy atom. The van der Waals surface area contributed by atoms with Gasteiger partial charge in [-0.3, -0.25) is 4.79 Å². The quantitative estimate of drug-likeness (QED) is 0.660. The van der Waals surface area contributed by atoms with Crippen molar-refractivity contribution in [2.45, 2.75) is 25.5 Å². The number of hydrogen-bond donors (Lipinski definition) is 3. The fourth-order valence-electron chi connectivity index (χ4n) is 1.96. The van der Waals surface area contributed by atoms with Crippen LogP contribution in [0, 0.1) is 0 Å². The van der Waals surface area contributed by atoms with Gasteiger partial charge in [0.25, 0.3) is 5.91 Å². The molecule has 1 aliphatic rings. The number of nitrogens with two attached hydrogens (primary N) is 2. The second-order valence-corrected chi connectivity index (χ2v) is 4.29. The van der Waals surface area contributed by atoms with Crippen LogP contribution in [-0.4, -0.2) is 24.7 Å². The molecule has 0 spiro atoms. The molecular weight excluding hydrogens is 218 g/mol. The van der Waals surface area contributed by atoms with Crippen LogP contribution in [0.25, 0.3) is 0 Å². The lowest BCUT2D eigenvalue weighted by molar-refractivity contribution is 0.0867. The topological polar surface area (TPSA) is 90.4 Å². The molecule has 92 valence electrons. The summed E-state index contributed by atoms with van der Waals surface area (Å²) in [6.45, 7) is 2.63. The summed E-state index contributed by atoms with van der Waals surface area (Å²) in [4.78, 5) is 12.0. The first-order valence-electron chi connectivity index (χ1n) is 5.65. The molecule has 1 saturated heterocycles. The average Bonchev–Trinajstić information content (AvgIpc) is 2.64. The smallest absolute Gasteiger partial charge is 0.253 e. The van der Waals surface area contributed by atoms with E-state index in [0.717, 1.165) is 6.42 Å². The monoisotopic (exact) mass is 235 g/mol. The molecule has 1 aromatic rings. The molecule has 5 N–H and O–H groups in total. The third kappa shape index (κ3) is 2.50. The van der Waals surface area contributed by atoms with Crippen LogP contribution in [0.4, 0.5) is 11.4 Å². The Bertz CT molecular complexity index is 434. The molecule has 0 bridgehead atoms. The molecule has 1 heterocycles. The summed E-state index contributed by atoms with van der Waals surface area (Å²) in [6, 6.07) is 4.95. The minimum Gasteiger partial charge on any atom is -0.399 e. The predicted molar refractivity (Wildman–Crippen MR) is 66.6 cm³/mol. The second kappa shape index (κ2) is 4.63. The van der Waals surface area contributed by atoms with Crippen LogP contribution < -0.4 is 16.8 Å². The number of hydrogen-bond acceptors (Lipinski definition) is 4. The second-order valence-electron chi connectivity index (χ2n) is 4.29. The van der Waals surface area contributed by atoms with Crippen LogP contribution in [0.5, 0.6) is 0 Å². The van der Waals surface area contributed by atoms with Crippen molar-refractivity contribution >= 4 is 17.3 Å². The number of anilines is 2. The van der Waals surface area contributed by atoms with Gasteiger partial charge >= 0.3 is 0 Å². The van der Waals surface area contributed by atoms with Crippen molar-refractivity contribution in [3.05, 3.63) is 23.8 Å². The van der Waals surface area contributed by atoms with Gasteiger partial charge in [-0.05, 0) is 31.5 Å². The number of rotatable bonds is 2. The lowest BCUT2D eigenvalue weighted by atomic mass is 10.1. The fourth-order valence-corrected chi connectivity index (χ4v) is 1.96. The van der Waals surface area contributed by atoms with E-state index >= 15 is 0 Å². The van der Waals surface area contributed by atoms with Crippen LogP contribution in [0.1, 0.15) is 23.7 Å². The van der Waals surface area contributed by atoms with Crippen molar-refractivity contribution in [2.24, 2.45) is 0 Å². The van der Waals surface area contributed by atoms with E-state index in [1.807, 2.05) is 6.92 Å². The SMILES string of the molecule is CC1OCCC1NC(=O)c1ccc(N)cc1N. The maximum absolute atomic E-state index is 12.0. The van der Waals surface area contributed by atoms with E-state index in [4.69, 9.17) is 16.2 Å². The molecule has 5 nitrogen and oxygen atoms in total. The van der Waals surface area contributed by atoms with E-state index in [1.165, 1.54) is 0 Å². The Morgan fingerprint density at radius 2 is 2.24 bits per heavy atom. The number of nitrogen functional groups attached to an aromatic ring is 2. The van der Waals surface area contributed by atoms with Crippen molar-refractivity contribution < 1.29 is 9.53 Å². The molecule has 17 heavy (non-hydrogen) atoms. The predicted octanol–water partition coefficient (Wildman–Crippen LogP) is 0.758. The largest absolute Gasteiger partial charge is 0.399 e. The van der Waals surface area contributed by atoms with Crippen LogP contribution in [-0.2, 0) is 4.74 Å². The van der Waals surface area contributed by atoms with E-state index in [2.05, 4.69) is 5.32 Å². The van der Waals surface area contributed by atoms with E-state index in [0.29, 0.717) is 23.5 Å². The van der Waals surface area contributed by atoms with Gasteiger partial charge in [-0.25, -0.2) is 0 Å². The Labute approximate surface area is 100 Å². The first kappa shape index (κ1) is 11.7. The Hall–Kier alpha value is -1.75. The Balaban J connectivity index is 2.09. The van der Waals surface area contributed by atoms with Gasteiger partial charge in [0.2, 0.25) is 0 Å². The first-order chi connectivity index (χ1) is 8.08. The van der Waals surface area contributed by atoms with Gasteiger partial charge in [0.15, 0.2) is 0 Å². The Morgan fingerprint density at radius 3 is 2.82 bits per heavy atom. The summed E-state index contributed by atoms with van der Waals surface area (Å²) in [6.07, 6.45) is 0.885. The number of benzene rings is 1. The first-order valence-corrected chi connectivity index (χ1v) is 5.65. The van der Waals surface area contributed by atoms with Crippen molar-refractivity contribution in [1.82, 2.24) is 5.32 Å². The summed E-state index contributed by atoms with van der Waals surface area (Å²) < 4.78 is 5.39. The molecule has 1 amide bonds. The number of carbonyl (C=O) groups excluding carboxylic acids is 1. The molecule has 1 aromatic carbocycles. The minimum absolute atomic E-state index is 0.0500. The number of carbonyl (C=O) groups is 1. The van der Waals surface area contributed by atoms with Gasteiger partial charge in [0, 0.05) is 18.0 Å². The maximum atomic E-state index is 12.0. The van der Waals surface area contributed by atoms with Crippen LogP contribution in [0.2, 0.25) is 0 Å². The number of ether oxygens (including phenoxy) is 1. The van der Waals surface area contributed by atoms with Crippen molar-refractivity contribution in [1.29, 1.82) is 0 Å². The van der Waals surface area contributed by atoms with Gasteiger partial charge in [0.1, 0.15) is 0 Å². The van der Waals surface area contributed by atoms with Crippen molar-refractivity contribution in [2.75, 3.05) is 18.1 Å². The molecule has 2 rings (SSSR count). The lowest BCUT2D eigenvalue weighted by Gasteiger charge is -2.16. The van der Waals surface area contributed by atoms with E-state index < -0.39 is 0 Å². The van der Waals surface area contributed by atoms with Crippen molar-refractivity contribution in [3.8, 4) is 0 Å². The normalized spacial score (nSPS) is 23.6. The molecule has 1 fully saturated rings. The highest BCUT2D eigenvalue weighted by atomic mass is 16.5. The lowest BCUT2D eigenvalue weighted by Crippen LogP contribution is -2.39. The summed E-state index contributed by atoms with van der Waals surface area (Å²) in [5, 5.41) is 2.92. The van der Waals surface area contributed by atoms with Crippen molar-refractivity contribution in [3.63, 3.8) is 0 Å². The molecular formula is C12H17N3O2. The molecule has 5 heteroatoms. The van der Waals surface area contributed by atoms with Gasteiger partial charge in [-0.2, -0.15) is 0 Å². The third-order valence-electron chi connectivity index (χ3n) is 3.01. The minimum atomic E-state index is -0.176. The average molecular weight is 235 g/mol. The third-order valence-corrected chi connectivity index (χ3v) is 3.01. The van der Waals surface area contributed by atoms with E-state index in [9.17, 15) is 4.79 Å². The van der Waals surface area contributed by atoms with Crippen LogP contribution in [0.15, 0.2) is 18.2 Å². The maximum Gasteiger partial charge on any atom is 0.253 e.